The van der Waals surface area contributed by atoms with Gasteiger partial charge >= 0.3 is 0 Å². The SMILES string of the molecule is CNc1nc(CN2CCN3CCCC3C2)cs1. The first kappa shape index (κ1) is 11.4. The minimum absolute atomic E-state index is 0.811. The topological polar surface area (TPSA) is 31.4 Å². The lowest BCUT2D eigenvalue weighted by atomic mass is 10.1. The second-order valence-electron chi connectivity index (χ2n) is 4.96. The van der Waals surface area contributed by atoms with Gasteiger partial charge in [-0.15, -0.1) is 11.3 Å². The number of aromatic nitrogens is 1. The molecule has 1 atom stereocenters. The van der Waals surface area contributed by atoms with Gasteiger partial charge in [0.15, 0.2) is 5.13 Å². The van der Waals surface area contributed by atoms with Crippen molar-refractivity contribution in [1.29, 1.82) is 0 Å². The summed E-state index contributed by atoms with van der Waals surface area (Å²) in [7, 11) is 1.93. The smallest absolute Gasteiger partial charge is 0.182 e. The van der Waals surface area contributed by atoms with Crippen LogP contribution in [0.1, 0.15) is 18.5 Å². The van der Waals surface area contributed by atoms with Crippen molar-refractivity contribution in [2.45, 2.75) is 25.4 Å². The summed E-state index contributed by atoms with van der Waals surface area (Å²) in [6, 6.07) is 0.811. The largest absolute Gasteiger partial charge is 0.365 e. The zero-order valence-corrected chi connectivity index (χ0v) is 11.2. The average Bonchev–Trinajstić information content (AvgIpc) is 2.96. The Morgan fingerprint density at radius 3 is 3.24 bits per heavy atom. The number of rotatable bonds is 3. The summed E-state index contributed by atoms with van der Waals surface area (Å²) in [5.41, 5.74) is 1.21. The van der Waals surface area contributed by atoms with Crippen molar-refractivity contribution in [3.8, 4) is 0 Å². The third-order valence-electron chi connectivity index (χ3n) is 3.82. The van der Waals surface area contributed by atoms with Crippen molar-refractivity contribution < 1.29 is 0 Å². The Balaban J connectivity index is 1.58. The molecule has 3 heterocycles. The molecule has 17 heavy (non-hydrogen) atoms. The monoisotopic (exact) mass is 252 g/mol. The van der Waals surface area contributed by atoms with E-state index in [1.807, 2.05) is 7.05 Å². The number of piperazine rings is 1. The van der Waals surface area contributed by atoms with Crippen LogP contribution in [0.2, 0.25) is 0 Å². The molecule has 1 aromatic rings. The van der Waals surface area contributed by atoms with Gasteiger partial charge in [0.05, 0.1) is 5.69 Å². The van der Waals surface area contributed by atoms with Crippen LogP contribution in [0.25, 0.3) is 0 Å². The quantitative estimate of drug-likeness (QED) is 0.882. The minimum Gasteiger partial charge on any atom is -0.365 e. The minimum atomic E-state index is 0.811. The molecule has 1 aromatic heterocycles. The van der Waals surface area contributed by atoms with Gasteiger partial charge in [-0.05, 0) is 19.4 Å². The predicted octanol–water partition coefficient (Wildman–Crippen LogP) is 1.46. The van der Waals surface area contributed by atoms with Crippen LogP contribution in [-0.2, 0) is 6.54 Å². The van der Waals surface area contributed by atoms with E-state index in [9.17, 15) is 0 Å². The molecular formula is C12H20N4S. The summed E-state index contributed by atoms with van der Waals surface area (Å²) in [5.74, 6) is 0. The van der Waals surface area contributed by atoms with Crippen molar-refractivity contribution >= 4 is 16.5 Å². The molecule has 2 fully saturated rings. The Labute approximate surface area is 107 Å². The molecule has 5 heteroatoms. The van der Waals surface area contributed by atoms with Crippen LogP contribution in [-0.4, -0.2) is 54.1 Å². The molecule has 3 rings (SSSR count). The Hall–Kier alpha value is -0.650. The van der Waals surface area contributed by atoms with E-state index in [2.05, 4.69) is 25.5 Å². The summed E-state index contributed by atoms with van der Waals surface area (Å²) in [5, 5.41) is 6.30. The number of nitrogens with zero attached hydrogens (tertiary/aromatic N) is 3. The zero-order valence-electron chi connectivity index (χ0n) is 10.4. The summed E-state index contributed by atoms with van der Waals surface area (Å²) in [4.78, 5) is 9.77. The molecule has 0 bridgehead atoms. The van der Waals surface area contributed by atoms with E-state index in [0.29, 0.717) is 0 Å². The number of fused-ring (bicyclic) bond motifs is 1. The molecule has 0 aliphatic carbocycles. The molecule has 2 aliphatic heterocycles. The van der Waals surface area contributed by atoms with Gasteiger partial charge in [-0.2, -0.15) is 0 Å². The predicted molar refractivity (Wildman–Crippen MR) is 71.5 cm³/mol. The van der Waals surface area contributed by atoms with E-state index in [4.69, 9.17) is 0 Å². The van der Waals surface area contributed by atoms with Gasteiger partial charge in [0.25, 0.3) is 0 Å². The highest BCUT2D eigenvalue weighted by Gasteiger charge is 2.30. The van der Waals surface area contributed by atoms with Gasteiger partial charge in [0.1, 0.15) is 0 Å². The fourth-order valence-corrected chi connectivity index (χ4v) is 3.59. The van der Waals surface area contributed by atoms with E-state index < -0.39 is 0 Å². The maximum atomic E-state index is 4.56. The summed E-state index contributed by atoms with van der Waals surface area (Å²) >= 11 is 1.70. The van der Waals surface area contributed by atoms with Crippen LogP contribution in [0.5, 0.6) is 0 Å². The van der Waals surface area contributed by atoms with Crippen molar-refractivity contribution in [3.05, 3.63) is 11.1 Å². The van der Waals surface area contributed by atoms with Gasteiger partial charge in [-0.25, -0.2) is 4.98 Å². The number of anilines is 1. The van der Waals surface area contributed by atoms with Gasteiger partial charge < -0.3 is 5.32 Å². The number of nitrogens with one attached hydrogen (secondary N) is 1. The molecule has 2 saturated heterocycles. The van der Waals surface area contributed by atoms with Gasteiger partial charge in [0.2, 0.25) is 0 Å². The van der Waals surface area contributed by atoms with Crippen molar-refractivity contribution in [1.82, 2.24) is 14.8 Å². The highest BCUT2D eigenvalue weighted by Crippen LogP contribution is 2.23. The fraction of sp³-hybridized carbons (Fsp3) is 0.750. The van der Waals surface area contributed by atoms with Crippen LogP contribution < -0.4 is 5.32 Å². The second-order valence-corrected chi connectivity index (χ2v) is 5.82. The highest BCUT2D eigenvalue weighted by atomic mass is 32.1. The molecule has 0 spiro atoms. The Kier molecular flexibility index (Phi) is 3.31. The first-order valence-corrected chi connectivity index (χ1v) is 7.31. The number of thiazole rings is 1. The van der Waals surface area contributed by atoms with E-state index in [-0.39, 0.29) is 0 Å². The van der Waals surface area contributed by atoms with Crippen LogP contribution in [0.4, 0.5) is 5.13 Å². The Morgan fingerprint density at radius 2 is 2.41 bits per heavy atom. The van der Waals surface area contributed by atoms with Crippen LogP contribution in [0.3, 0.4) is 0 Å². The summed E-state index contributed by atoms with van der Waals surface area (Å²) in [6.07, 6.45) is 2.77. The van der Waals surface area contributed by atoms with E-state index in [1.54, 1.807) is 11.3 Å². The van der Waals surface area contributed by atoms with Crippen molar-refractivity contribution in [2.75, 3.05) is 38.5 Å². The molecule has 1 unspecified atom stereocenters. The summed E-state index contributed by atoms with van der Waals surface area (Å²) < 4.78 is 0. The normalized spacial score (nSPS) is 26.1. The number of hydrogen-bond acceptors (Lipinski definition) is 5. The van der Waals surface area contributed by atoms with Gasteiger partial charge in [-0.3, -0.25) is 9.80 Å². The van der Waals surface area contributed by atoms with Crippen LogP contribution >= 0.6 is 11.3 Å². The first-order valence-electron chi connectivity index (χ1n) is 6.44. The molecule has 0 radical (unpaired) electrons. The lowest BCUT2D eigenvalue weighted by Gasteiger charge is -2.37. The average molecular weight is 252 g/mol. The van der Waals surface area contributed by atoms with Crippen LogP contribution in [0, 0.1) is 0 Å². The fourth-order valence-electron chi connectivity index (χ4n) is 2.92. The maximum Gasteiger partial charge on any atom is 0.182 e. The van der Waals surface area contributed by atoms with Crippen molar-refractivity contribution in [2.24, 2.45) is 0 Å². The molecule has 0 amide bonds. The third-order valence-corrected chi connectivity index (χ3v) is 4.73. The molecule has 1 N–H and O–H groups in total. The maximum absolute atomic E-state index is 4.56. The Morgan fingerprint density at radius 1 is 1.47 bits per heavy atom. The number of hydrogen-bond donors (Lipinski definition) is 1. The van der Waals surface area contributed by atoms with E-state index in [1.165, 1.54) is 44.7 Å². The van der Waals surface area contributed by atoms with Crippen LogP contribution in [0.15, 0.2) is 5.38 Å². The standard InChI is InChI=1S/C12H20N4S/c1-13-12-14-10(9-17-12)7-15-5-6-16-4-2-3-11(16)8-15/h9,11H,2-8H2,1H3,(H,13,14). The van der Waals surface area contributed by atoms with Crippen molar-refractivity contribution in [3.63, 3.8) is 0 Å². The van der Waals surface area contributed by atoms with E-state index in [0.717, 1.165) is 17.7 Å². The molecule has 4 nitrogen and oxygen atoms in total. The molecule has 0 saturated carbocycles. The highest BCUT2D eigenvalue weighted by molar-refractivity contribution is 7.13. The second kappa shape index (κ2) is 4.92. The third kappa shape index (κ3) is 2.46. The lowest BCUT2D eigenvalue weighted by Crippen LogP contribution is -2.49. The first-order chi connectivity index (χ1) is 8.35. The molecule has 2 aliphatic rings. The molecule has 94 valence electrons. The summed E-state index contributed by atoms with van der Waals surface area (Å²) in [6.45, 7) is 6.00. The Bertz CT molecular complexity index is 378. The molecular weight excluding hydrogens is 232 g/mol. The zero-order chi connectivity index (χ0) is 11.7. The van der Waals surface area contributed by atoms with Gasteiger partial charge in [-0.1, -0.05) is 0 Å². The lowest BCUT2D eigenvalue weighted by molar-refractivity contribution is 0.0986. The van der Waals surface area contributed by atoms with E-state index >= 15 is 0 Å². The van der Waals surface area contributed by atoms with Gasteiger partial charge in [0, 0.05) is 44.6 Å². The molecule has 0 aromatic carbocycles.